The maximum atomic E-state index is 11.7. The van der Waals surface area contributed by atoms with Gasteiger partial charge in [0.05, 0.1) is 29.9 Å². The summed E-state index contributed by atoms with van der Waals surface area (Å²) in [5.74, 6) is -0.325. The molecule has 0 unspecified atom stereocenters. The number of hydrogen-bond acceptors (Lipinski definition) is 6. The van der Waals surface area contributed by atoms with Gasteiger partial charge in [0.2, 0.25) is 0 Å². The number of hydrogen-bond donors (Lipinski definition) is 0. The topological polar surface area (TPSA) is 70.5 Å². The van der Waals surface area contributed by atoms with Crippen LogP contribution >= 0.6 is 0 Å². The van der Waals surface area contributed by atoms with Crippen molar-refractivity contribution in [1.82, 2.24) is 9.97 Å². The third-order valence-electron chi connectivity index (χ3n) is 3.95. The molecule has 0 bridgehead atoms. The zero-order valence-corrected chi connectivity index (χ0v) is 13.2. The van der Waals surface area contributed by atoms with Crippen LogP contribution < -0.4 is 5.46 Å². The highest BCUT2D eigenvalue weighted by Crippen LogP contribution is 2.36. The van der Waals surface area contributed by atoms with E-state index in [2.05, 4.69) is 9.97 Å². The van der Waals surface area contributed by atoms with Crippen LogP contribution in [0, 0.1) is 0 Å². The Balaban J connectivity index is 2.24. The van der Waals surface area contributed by atoms with Gasteiger partial charge in [-0.15, -0.1) is 0 Å². The Morgan fingerprint density at radius 1 is 1.29 bits per heavy atom. The van der Waals surface area contributed by atoms with Crippen LogP contribution in [0.15, 0.2) is 12.5 Å². The Bertz CT molecular complexity index is 517. The first-order chi connectivity index (χ1) is 9.77. The van der Waals surface area contributed by atoms with Crippen molar-refractivity contribution < 1.29 is 18.8 Å². The summed E-state index contributed by atoms with van der Waals surface area (Å²) in [7, 11) is -0.583. The molecule has 1 aliphatic rings. The SMILES string of the molecule is CCOC(=O)Cc1ncncc1B1OC(C)(C)C(C)(C)O1. The van der Waals surface area contributed by atoms with E-state index in [1.54, 1.807) is 13.1 Å². The predicted molar refractivity (Wildman–Crippen MR) is 78.1 cm³/mol. The highest BCUT2D eigenvalue weighted by atomic mass is 16.7. The lowest BCUT2D eigenvalue weighted by Crippen LogP contribution is -2.41. The highest BCUT2D eigenvalue weighted by Gasteiger charge is 2.52. The second kappa shape index (κ2) is 5.73. The van der Waals surface area contributed by atoms with Gasteiger partial charge < -0.3 is 14.0 Å². The fraction of sp³-hybridized carbons (Fsp3) is 0.643. The number of rotatable bonds is 4. The number of carbonyl (C=O) groups excluding carboxylic acids is 1. The van der Waals surface area contributed by atoms with Crippen molar-refractivity contribution in [1.29, 1.82) is 0 Å². The van der Waals surface area contributed by atoms with Crippen molar-refractivity contribution in [2.24, 2.45) is 0 Å². The van der Waals surface area contributed by atoms with Gasteiger partial charge in [-0.2, -0.15) is 0 Å². The third kappa shape index (κ3) is 3.24. The minimum absolute atomic E-state index is 0.0791. The quantitative estimate of drug-likeness (QED) is 0.606. The van der Waals surface area contributed by atoms with Crippen LogP contribution in [0.25, 0.3) is 0 Å². The molecule has 1 saturated heterocycles. The Kier molecular flexibility index (Phi) is 4.34. The molecule has 6 nitrogen and oxygen atoms in total. The molecule has 0 radical (unpaired) electrons. The lowest BCUT2D eigenvalue weighted by atomic mass is 9.78. The Morgan fingerprint density at radius 3 is 2.48 bits per heavy atom. The summed E-state index contributed by atoms with van der Waals surface area (Å²) in [5, 5.41) is 0. The summed E-state index contributed by atoms with van der Waals surface area (Å²) in [6.45, 7) is 10.0. The minimum Gasteiger partial charge on any atom is -0.466 e. The maximum absolute atomic E-state index is 11.7. The van der Waals surface area contributed by atoms with Crippen LogP contribution in [0.4, 0.5) is 0 Å². The number of esters is 1. The van der Waals surface area contributed by atoms with Gasteiger partial charge >= 0.3 is 13.1 Å². The normalized spacial score (nSPS) is 19.6. The molecule has 2 rings (SSSR count). The molecule has 114 valence electrons. The van der Waals surface area contributed by atoms with Gasteiger partial charge in [-0.25, -0.2) is 9.97 Å². The molecule has 1 fully saturated rings. The number of nitrogens with zero attached hydrogens (tertiary/aromatic N) is 2. The molecule has 1 aliphatic heterocycles. The van der Waals surface area contributed by atoms with E-state index in [0.29, 0.717) is 17.8 Å². The molecule has 0 N–H and O–H groups in total. The van der Waals surface area contributed by atoms with Gasteiger partial charge in [0.15, 0.2) is 0 Å². The second-order valence-corrected chi connectivity index (χ2v) is 5.99. The van der Waals surface area contributed by atoms with Crippen molar-refractivity contribution >= 4 is 18.6 Å². The summed E-state index contributed by atoms with van der Waals surface area (Å²) >= 11 is 0. The lowest BCUT2D eigenvalue weighted by molar-refractivity contribution is -0.142. The fourth-order valence-electron chi connectivity index (χ4n) is 2.03. The van der Waals surface area contributed by atoms with E-state index in [0.717, 1.165) is 0 Å². The van der Waals surface area contributed by atoms with E-state index in [1.165, 1.54) is 6.33 Å². The molecular weight excluding hydrogens is 271 g/mol. The molecule has 7 heteroatoms. The Hall–Kier alpha value is -1.47. The average Bonchev–Trinajstić information content (AvgIpc) is 2.59. The van der Waals surface area contributed by atoms with Crippen LogP contribution in [-0.2, 0) is 25.3 Å². The van der Waals surface area contributed by atoms with E-state index in [-0.39, 0.29) is 12.4 Å². The van der Waals surface area contributed by atoms with Crippen LogP contribution in [0.1, 0.15) is 40.3 Å². The van der Waals surface area contributed by atoms with Gasteiger partial charge in [0.1, 0.15) is 6.33 Å². The first kappa shape index (κ1) is 15.9. The molecule has 2 heterocycles. The Labute approximate surface area is 125 Å². The maximum Gasteiger partial charge on any atom is 0.498 e. The summed E-state index contributed by atoms with van der Waals surface area (Å²) in [6.07, 6.45) is 3.11. The molecule has 0 amide bonds. The van der Waals surface area contributed by atoms with Crippen molar-refractivity contribution in [3.8, 4) is 0 Å². The molecule has 0 atom stereocenters. The molecule has 21 heavy (non-hydrogen) atoms. The zero-order valence-electron chi connectivity index (χ0n) is 13.2. The van der Waals surface area contributed by atoms with E-state index >= 15 is 0 Å². The van der Waals surface area contributed by atoms with Gasteiger partial charge in [-0.1, -0.05) is 0 Å². The lowest BCUT2D eigenvalue weighted by Gasteiger charge is -2.32. The number of aromatic nitrogens is 2. The van der Waals surface area contributed by atoms with E-state index in [9.17, 15) is 4.79 Å². The van der Waals surface area contributed by atoms with E-state index in [1.807, 2.05) is 27.7 Å². The van der Waals surface area contributed by atoms with Crippen molar-refractivity contribution in [3.05, 3.63) is 18.2 Å². The van der Waals surface area contributed by atoms with Crippen LogP contribution in [0.3, 0.4) is 0 Å². The molecular formula is C14H21BN2O4. The standard InChI is InChI=1S/C14H21BN2O4/c1-6-19-12(18)7-11-10(8-16-9-17-11)15-20-13(2,3)14(4,5)21-15/h8-9H,6-7H2,1-5H3. The van der Waals surface area contributed by atoms with Crippen molar-refractivity contribution in [2.75, 3.05) is 6.61 Å². The van der Waals surface area contributed by atoms with Gasteiger partial charge in [-0.05, 0) is 34.6 Å². The smallest absolute Gasteiger partial charge is 0.466 e. The molecule has 1 aromatic heterocycles. The van der Waals surface area contributed by atoms with E-state index < -0.39 is 18.3 Å². The molecule has 0 aliphatic carbocycles. The van der Waals surface area contributed by atoms with E-state index in [4.69, 9.17) is 14.0 Å². The molecule has 0 aromatic carbocycles. The zero-order chi connectivity index (χ0) is 15.7. The summed E-state index contributed by atoms with van der Waals surface area (Å²) in [4.78, 5) is 19.9. The first-order valence-electron chi connectivity index (χ1n) is 7.07. The van der Waals surface area contributed by atoms with Gasteiger partial charge in [0.25, 0.3) is 0 Å². The largest absolute Gasteiger partial charge is 0.498 e. The van der Waals surface area contributed by atoms with Crippen molar-refractivity contribution in [3.63, 3.8) is 0 Å². The third-order valence-corrected chi connectivity index (χ3v) is 3.95. The monoisotopic (exact) mass is 292 g/mol. The molecule has 0 spiro atoms. The predicted octanol–water partition coefficient (Wildman–Crippen LogP) is 0.881. The van der Waals surface area contributed by atoms with Crippen LogP contribution in [0.5, 0.6) is 0 Å². The van der Waals surface area contributed by atoms with Gasteiger partial charge in [0, 0.05) is 11.7 Å². The summed E-state index contributed by atoms with van der Waals surface area (Å²) in [5.41, 5.74) is 0.342. The first-order valence-corrected chi connectivity index (χ1v) is 7.07. The highest BCUT2D eigenvalue weighted by molar-refractivity contribution is 6.62. The fourth-order valence-corrected chi connectivity index (χ4v) is 2.03. The molecule has 0 saturated carbocycles. The summed E-state index contributed by atoms with van der Waals surface area (Å²) < 4.78 is 16.9. The average molecular weight is 292 g/mol. The second-order valence-electron chi connectivity index (χ2n) is 5.99. The summed E-state index contributed by atoms with van der Waals surface area (Å²) in [6, 6.07) is 0. The number of ether oxygens (including phenoxy) is 1. The Morgan fingerprint density at radius 2 is 1.90 bits per heavy atom. The van der Waals surface area contributed by atoms with Gasteiger partial charge in [-0.3, -0.25) is 4.79 Å². The number of carbonyl (C=O) groups is 1. The van der Waals surface area contributed by atoms with Crippen molar-refractivity contribution in [2.45, 2.75) is 52.2 Å². The molecule has 1 aromatic rings. The van der Waals surface area contributed by atoms with Crippen LogP contribution in [-0.4, -0.2) is 40.9 Å². The minimum atomic E-state index is -0.583. The van der Waals surface area contributed by atoms with Crippen LogP contribution in [0.2, 0.25) is 0 Å².